The van der Waals surface area contributed by atoms with Gasteiger partial charge in [-0.3, -0.25) is 15.0 Å². The van der Waals surface area contributed by atoms with Crippen LogP contribution in [0, 0.1) is 17.0 Å². The predicted octanol–water partition coefficient (Wildman–Crippen LogP) is 2.48. The van der Waals surface area contributed by atoms with E-state index in [1.807, 2.05) is 13.0 Å². The maximum absolute atomic E-state index is 10.9. The molecule has 0 amide bonds. The zero-order valence-corrected chi connectivity index (χ0v) is 12.4. The van der Waals surface area contributed by atoms with E-state index in [2.05, 4.69) is 24.1 Å². The lowest BCUT2D eigenvalue weighted by Gasteiger charge is -2.20. The van der Waals surface area contributed by atoms with Gasteiger partial charge in [-0.2, -0.15) is 0 Å². The van der Waals surface area contributed by atoms with Crippen LogP contribution in [0.2, 0.25) is 0 Å². The predicted molar refractivity (Wildman–Crippen MR) is 79.8 cm³/mol. The van der Waals surface area contributed by atoms with Crippen molar-refractivity contribution in [2.24, 2.45) is 0 Å². The van der Waals surface area contributed by atoms with E-state index in [0.717, 1.165) is 30.6 Å². The first-order valence-electron chi connectivity index (χ1n) is 7.19. The number of benzene rings is 1. The Kier molecular flexibility index (Phi) is 4.73. The van der Waals surface area contributed by atoms with Crippen molar-refractivity contribution < 1.29 is 4.92 Å². The normalized spacial score (nSPS) is 19.7. The van der Waals surface area contributed by atoms with Gasteiger partial charge in [-0.25, -0.2) is 0 Å². The van der Waals surface area contributed by atoms with Crippen molar-refractivity contribution in [1.29, 1.82) is 0 Å². The van der Waals surface area contributed by atoms with Gasteiger partial charge in [-0.1, -0.05) is 12.1 Å². The molecule has 1 saturated heterocycles. The Morgan fingerprint density at radius 2 is 2.25 bits per heavy atom. The van der Waals surface area contributed by atoms with Gasteiger partial charge in [0.2, 0.25) is 0 Å². The molecule has 1 N–H and O–H groups in total. The number of nitro benzene ring substituents is 1. The Bertz CT molecular complexity index is 488. The maximum atomic E-state index is 10.9. The Labute approximate surface area is 120 Å². The van der Waals surface area contributed by atoms with Gasteiger partial charge in [0, 0.05) is 36.8 Å². The van der Waals surface area contributed by atoms with Crippen molar-refractivity contribution in [3.63, 3.8) is 0 Å². The number of nitrogens with one attached hydrogen (secondary N) is 1. The molecule has 1 aliphatic heterocycles. The summed E-state index contributed by atoms with van der Waals surface area (Å²) in [6.45, 7) is 9.14. The molecule has 0 radical (unpaired) electrons. The number of hydrogen-bond acceptors (Lipinski definition) is 4. The second-order valence-electron chi connectivity index (χ2n) is 5.77. The molecular weight excluding hydrogens is 254 g/mol. The Balaban J connectivity index is 1.95. The molecule has 5 nitrogen and oxygen atoms in total. The molecule has 1 aliphatic rings. The van der Waals surface area contributed by atoms with Gasteiger partial charge in [0.15, 0.2) is 0 Å². The van der Waals surface area contributed by atoms with E-state index in [0.29, 0.717) is 18.6 Å². The third-order valence-corrected chi connectivity index (χ3v) is 4.15. The van der Waals surface area contributed by atoms with Crippen LogP contribution in [0.3, 0.4) is 0 Å². The van der Waals surface area contributed by atoms with Crippen LogP contribution in [-0.4, -0.2) is 35.0 Å². The molecule has 1 atom stereocenters. The topological polar surface area (TPSA) is 58.4 Å². The molecule has 1 aromatic rings. The van der Waals surface area contributed by atoms with Crippen LogP contribution in [0.1, 0.15) is 31.4 Å². The SMILES string of the molecule is Cc1c(CNC2CCN(C(C)C)C2)cccc1[N+](=O)[O-]. The highest BCUT2D eigenvalue weighted by molar-refractivity contribution is 5.44. The van der Waals surface area contributed by atoms with Crippen molar-refractivity contribution >= 4 is 5.69 Å². The van der Waals surface area contributed by atoms with Crippen molar-refractivity contribution in [2.45, 2.75) is 45.8 Å². The highest BCUT2D eigenvalue weighted by atomic mass is 16.6. The minimum Gasteiger partial charge on any atom is -0.309 e. The largest absolute Gasteiger partial charge is 0.309 e. The molecule has 5 heteroatoms. The fourth-order valence-corrected chi connectivity index (χ4v) is 2.74. The Morgan fingerprint density at radius 3 is 2.85 bits per heavy atom. The molecule has 1 fully saturated rings. The van der Waals surface area contributed by atoms with Gasteiger partial charge in [0.1, 0.15) is 0 Å². The van der Waals surface area contributed by atoms with Gasteiger partial charge in [0.05, 0.1) is 4.92 Å². The summed E-state index contributed by atoms with van der Waals surface area (Å²) in [5.74, 6) is 0. The summed E-state index contributed by atoms with van der Waals surface area (Å²) < 4.78 is 0. The monoisotopic (exact) mass is 277 g/mol. The molecule has 110 valence electrons. The highest BCUT2D eigenvalue weighted by Crippen LogP contribution is 2.21. The summed E-state index contributed by atoms with van der Waals surface area (Å²) in [6.07, 6.45) is 1.14. The van der Waals surface area contributed by atoms with E-state index in [-0.39, 0.29) is 10.6 Å². The molecule has 2 rings (SSSR count). The average molecular weight is 277 g/mol. The quantitative estimate of drug-likeness (QED) is 0.663. The summed E-state index contributed by atoms with van der Waals surface area (Å²) in [6, 6.07) is 6.36. The fraction of sp³-hybridized carbons (Fsp3) is 0.600. The Morgan fingerprint density at radius 1 is 1.50 bits per heavy atom. The number of likely N-dealkylation sites (tertiary alicyclic amines) is 1. The molecule has 0 saturated carbocycles. The second kappa shape index (κ2) is 6.33. The average Bonchev–Trinajstić information content (AvgIpc) is 2.86. The van der Waals surface area contributed by atoms with E-state index < -0.39 is 0 Å². The molecule has 0 aromatic heterocycles. The first kappa shape index (κ1) is 14.9. The zero-order valence-electron chi connectivity index (χ0n) is 12.4. The standard InChI is InChI=1S/C15H23N3O2/c1-11(2)17-8-7-14(10-17)16-9-13-5-4-6-15(12(13)3)18(19)20/h4-6,11,14,16H,7-10H2,1-3H3. The van der Waals surface area contributed by atoms with Crippen LogP contribution in [0.4, 0.5) is 5.69 Å². The number of rotatable bonds is 5. The summed E-state index contributed by atoms with van der Waals surface area (Å²) in [7, 11) is 0. The molecule has 0 spiro atoms. The minimum absolute atomic E-state index is 0.208. The first-order chi connectivity index (χ1) is 9.49. The molecule has 1 unspecified atom stereocenters. The number of hydrogen-bond donors (Lipinski definition) is 1. The van der Waals surface area contributed by atoms with Crippen LogP contribution < -0.4 is 5.32 Å². The Hall–Kier alpha value is -1.46. The summed E-state index contributed by atoms with van der Waals surface area (Å²) in [5.41, 5.74) is 1.99. The van der Waals surface area contributed by atoms with Crippen molar-refractivity contribution in [3.05, 3.63) is 39.4 Å². The summed E-state index contributed by atoms with van der Waals surface area (Å²) in [5, 5.41) is 14.5. The van der Waals surface area contributed by atoms with Crippen LogP contribution in [-0.2, 0) is 6.54 Å². The minimum atomic E-state index is -0.311. The lowest BCUT2D eigenvalue weighted by Crippen LogP contribution is -2.34. The van der Waals surface area contributed by atoms with Gasteiger partial charge in [-0.05, 0) is 39.3 Å². The van der Waals surface area contributed by atoms with Crippen molar-refractivity contribution in [1.82, 2.24) is 10.2 Å². The van der Waals surface area contributed by atoms with Crippen LogP contribution in [0.25, 0.3) is 0 Å². The first-order valence-corrected chi connectivity index (χ1v) is 7.19. The molecule has 20 heavy (non-hydrogen) atoms. The van der Waals surface area contributed by atoms with Crippen LogP contribution in [0.5, 0.6) is 0 Å². The van der Waals surface area contributed by atoms with Gasteiger partial charge >= 0.3 is 0 Å². The molecule has 1 heterocycles. The summed E-state index contributed by atoms with van der Waals surface area (Å²) in [4.78, 5) is 13.1. The van der Waals surface area contributed by atoms with Crippen molar-refractivity contribution in [3.8, 4) is 0 Å². The van der Waals surface area contributed by atoms with E-state index >= 15 is 0 Å². The van der Waals surface area contributed by atoms with Gasteiger partial charge < -0.3 is 5.32 Å². The van der Waals surface area contributed by atoms with Gasteiger partial charge in [-0.15, -0.1) is 0 Å². The highest BCUT2D eigenvalue weighted by Gasteiger charge is 2.24. The van der Waals surface area contributed by atoms with Crippen LogP contribution >= 0.6 is 0 Å². The number of nitrogens with zero attached hydrogens (tertiary/aromatic N) is 2. The molecule has 0 bridgehead atoms. The molecular formula is C15H23N3O2. The molecule has 1 aromatic carbocycles. The third-order valence-electron chi connectivity index (χ3n) is 4.15. The molecule has 0 aliphatic carbocycles. The third kappa shape index (κ3) is 3.35. The smallest absolute Gasteiger partial charge is 0.272 e. The second-order valence-corrected chi connectivity index (χ2v) is 5.77. The fourth-order valence-electron chi connectivity index (χ4n) is 2.74. The maximum Gasteiger partial charge on any atom is 0.272 e. The lowest BCUT2D eigenvalue weighted by atomic mass is 10.1. The number of nitro groups is 1. The van der Waals surface area contributed by atoms with E-state index in [1.54, 1.807) is 12.1 Å². The van der Waals surface area contributed by atoms with Gasteiger partial charge in [0.25, 0.3) is 5.69 Å². The lowest BCUT2D eigenvalue weighted by molar-refractivity contribution is -0.385. The van der Waals surface area contributed by atoms with E-state index in [4.69, 9.17) is 0 Å². The zero-order chi connectivity index (χ0) is 14.7. The summed E-state index contributed by atoms with van der Waals surface area (Å²) >= 11 is 0. The van der Waals surface area contributed by atoms with Crippen molar-refractivity contribution in [2.75, 3.05) is 13.1 Å². The van der Waals surface area contributed by atoms with Crippen LogP contribution in [0.15, 0.2) is 18.2 Å². The van der Waals surface area contributed by atoms with E-state index in [1.165, 1.54) is 0 Å². The van der Waals surface area contributed by atoms with E-state index in [9.17, 15) is 10.1 Å².